The van der Waals surface area contributed by atoms with Gasteiger partial charge in [-0.3, -0.25) is 0 Å². The minimum atomic E-state index is -4.30. The number of nitrogens with two attached hydrogens (primary N) is 1. The number of para-hydroxylation sites is 1. The lowest BCUT2D eigenvalue weighted by atomic mass is 10.0. The molecule has 2 nitrogen and oxygen atoms in total. The highest BCUT2D eigenvalue weighted by Crippen LogP contribution is 2.32. The third-order valence-electron chi connectivity index (χ3n) is 3.01. The summed E-state index contributed by atoms with van der Waals surface area (Å²) in [7, 11) is 0. The number of alkyl halides is 3. The van der Waals surface area contributed by atoms with Gasteiger partial charge in [0, 0.05) is 11.6 Å². The van der Waals surface area contributed by atoms with Crippen molar-refractivity contribution in [2.75, 3.05) is 0 Å². The zero-order valence-electron chi connectivity index (χ0n) is 11.3. The molecule has 2 N–H and O–H groups in total. The fourth-order valence-corrected chi connectivity index (χ4v) is 2.01. The summed E-state index contributed by atoms with van der Waals surface area (Å²) in [5.41, 5.74) is 6.96. The molecule has 1 atom stereocenters. The van der Waals surface area contributed by atoms with Gasteiger partial charge in [0.15, 0.2) is 0 Å². The summed E-state index contributed by atoms with van der Waals surface area (Å²) in [6.45, 7) is 0.288. The van der Waals surface area contributed by atoms with Gasteiger partial charge in [-0.2, -0.15) is 13.2 Å². The Kier molecular flexibility index (Phi) is 4.85. The van der Waals surface area contributed by atoms with Gasteiger partial charge < -0.3 is 10.5 Å². The van der Waals surface area contributed by atoms with Gasteiger partial charge in [-0.25, -0.2) is 0 Å². The van der Waals surface area contributed by atoms with E-state index in [-0.39, 0.29) is 6.61 Å². The summed E-state index contributed by atoms with van der Waals surface area (Å²) in [6, 6.07) is 14.8. The molecule has 0 saturated heterocycles. The van der Waals surface area contributed by atoms with Crippen molar-refractivity contribution in [3.05, 3.63) is 65.7 Å². The summed E-state index contributed by atoms with van der Waals surface area (Å²) in [5.74, 6) is 0.387. The molecule has 0 bridgehead atoms. The summed E-state index contributed by atoms with van der Waals surface area (Å²) in [4.78, 5) is 0. The fraction of sp³-hybridized carbons (Fsp3) is 0.250. The van der Waals surface area contributed by atoms with Crippen molar-refractivity contribution < 1.29 is 17.9 Å². The van der Waals surface area contributed by atoms with Crippen molar-refractivity contribution in [1.29, 1.82) is 0 Å². The number of benzene rings is 2. The Balaban J connectivity index is 2.10. The molecule has 0 amide bonds. The quantitative estimate of drug-likeness (QED) is 0.896. The highest BCUT2D eigenvalue weighted by molar-refractivity contribution is 5.36. The zero-order chi connectivity index (χ0) is 15.3. The molecule has 2 aromatic rings. The Bertz CT molecular complexity index is 569. The Hall–Kier alpha value is -2.01. The molecule has 112 valence electrons. The molecule has 21 heavy (non-hydrogen) atoms. The second kappa shape index (κ2) is 6.63. The van der Waals surface area contributed by atoms with Gasteiger partial charge in [0.25, 0.3) is 0 Å². The van der Waals surface area contributed by atoms with Gasteiger partial charge in [-0.05, 0) is 11.6 Å². The van der Waals surface area contributed by atoms with E-state index in [1.807, 2.05) is 30.3 Å². The van der Waals surface area contributed by atoms with Gasteiger partial charge >= 0.3 is 6.18 Å². The summed E-state index contributed by atoms with van der Waals surface area (Å²) in [6.07, 6.45) is -5.37. The van der Waals surface area contributed by atoms with Crippen molar-refractivity contribution in [3.63, 3.8) is 0 Å². The van der Waals surface area contributed by atoms with Crippen LogP contribution >= 0.6 is 0 Å². The minimum absolute atomic E-state index is 0.288. The molecule has 2 rings (SSSR count). The monoisotopic (exact) mass is 295 g/mol. The summed E-state index contributed by atoms with van der Waals surface area (Å²) < 4.78 is 43.0. The largest absolute Gasteiger partial charge is 0.489 e. The first-order valence-corrected chi connectivity index (χ1v) is 6.54. The highest BCUT2D eigenvalue weighted by atomic mass is 19.4. The molecule has 2 aromatic carbocycles. The van der Waals surface area contributed by atoms with E-state index in [1.54, 1.807) is 24.3 Å². The number of rotatable bonds is 5. The van der Waals surface area contributed by atoms with Crippen LogP contribution in [-0.4, -0.2) is 6.18 Å². The van der Waals surface area contributed by atoms with Crippen LogP contribution in [0, 0.1) is 0 Å². The van der Waals surface area contributed by atoms with Crippen LogP contribution in [0.15, 0.2) is 54.6 Å². The van der Waals surface area contributed by atoms with Crippen LogP contribution in [0.25, 0.3) is 0 Å². The Morgan fingerprint density at radius 3 is 2.24 bits per heavy atom. The molecule has 0 aliphatic carbocycles. The topological polar surface area (TPSA) is 35.2 Å². The van der Waals surface area contributed by atoms with Crippen LogP contribution in [0.4, 0.5) is 13.2 Å². The van der Waals surface area contributed by atoms with E-state index in [0.717, 1.165) is 5.56 Å². The molecule has 0 aromatic heterocycles. The molecule has 0 fully saturated rings. The highest BCUT2D eigenvalue weighted by Gasteiger charge is 2.31. The summed E-state index contributed by atoms with van der Waals surface area (Å²) in [5, 5.41) is 0. The van der Waals surface area contributed by atoms with E-state index in [0.29, 0.717) is 11.3 Å². The van der Waals surface area contributed by atoms with E-state index < -0.39 is 18.6 Å². The average molecular weight is 295 g/mol. The molecular weight excluding hydrogens is 279 g/mol. The van der Waals surface area contributed by atoms with E-state index in [2.05, 4.69) is 0 Å². The molecule has 0 aliphatic heterocycles. The normalized spacial score (nSPS) is 13.0. The molecule has 0 aliphatic rings. The lowest BCUT2D eigenvalue weighted by Gasteiger charge is -2.18. The van der Waals surface area contributed by atoms with Crippen LogP contribution in [0.1, 0.15) is 23.6 Å². The smallest absolute Gasteiger partial charge is 0.390 e. The van der Waals surface area contributed by atoms with Crippen LogP contribution in [0.5, 0.6) is 5.75 Å². The first-order valence-electron chi connectivity index (χ1n) is 6.54. The Labute approximate surface area is 121 Å². The second-order valence-corrected chi connectivity index (χ2v) is 4.74. The third kappa shape index (κ3) is 4.79. The van der Waals surface area contributed by atoms with Gasteiger partial charge in [0.2, 0.25) is 0 Å². The standard InChI is InChI=1S/C16H16F3NO/c17-16(18,19)10-14(20)13-8-4-5-9-15(13)21-11-12-6-2-1-3-7-12/h1-9,14H,10-11,20H2/t14-/m0/s1. The molecule has 0 radical (unpaired) electrons. The van der Waals surface area contributed by atoms with Gasteiger partial charge in [-0.1, -0.05) is 48.5 Å². The maximum Gasteiger partial charge on any atom is 0.390 e. The molecule has 0 heterocycles. The lowest BCUT2D eigenvalue weighted by molar-refractivity contribution is -0.138. The lowest BCUT2D eigenvalue weighted by Crippen LogP contribution is -2.20. The average Bonchev–Trinajstić information content (AvgIpc) is 2.45. The molecule has 0 saturated carbocycles. The maximum atomic E-state index is 12.5. The number of hydrogen-bond donors (Lipinski definition) is 1. The van der Waals surface area contributed by atoms with Crippen molar-refractivity contribution in [3.8, 4) is 5.75 Å². The fourth-order valence-electron chi connectivity index (χ4n) is 2.01. The van der Waals surface area contributed by atoms with E-state index in [9.17, 15) is 13.2 Å². The van der Waals surface area contributed by atoms with E-state index in [1.165, 1.54) is 0 Å². The van der Waals surface area contributed by atoms with Crippen LogP contribution < -0.4 is 10.5 Å². The number of hydrogen-bond acceptors (Lipinski definition) is 2. The minimum Gasteiger partial charge on any atom is -0.489 e. The second-order valence-electron chi connectivity index (χ2n) is 4.74. The zero-order valence-corrected chi connectivity index (χ0v) is 11.3. The molecular formula is C16H16F3NO. The Morgan fingerprint density at radius 2 is 1.57 bits per heavy atom. The van der Waals surface area contributed by atoms with E-state index >= 15 is 0 Å². The van der Waals surface area contributed by atoms with Gasteiger partial charge in [0.05, 0.1) is 6.42 Å². The molecule has 5 heteroatoms. The predicted octanol–water partition coefficient (Wildman–Crippen LogP) is 4.22. The number of ether oxygens (including phenoxy) is 1. The van der Waals surface area contributed by atoms with Crippen molar-refractivity contribution in [1.82, 2.24) is 0 Å². The van der Waals surface area contributed by atoms with Crippen molar-refractivity contribution in [2.45, 2.75) is 25.2 Å². The number of halogens is 3. The van der Waals surface area contributed by atoms with Crippen LogP contribution in [-0.2, 0) is 6.61 Å². The maximum absolute atomic E-state index is 12.5. The van der Waals surface area contributed by atoms with Crippen LogP contribution in [0.3, 0.4) is 0 Å². The van der Waals surface area contributed by atoms with Crippen molar-refractivity contribution >= 4 is 0 Å². The van der Waals surface area contributed by atoms with Crippen LogP contribution in [0.2, 0.25) is 0 Å². The third-order valence-corrected chi connectivity index (χ3v) is 3.01. The van der Waals surface area contributed by atoms with Gasteiger partial charge in [-0.15, -0.1) is 0 Å². The Morgan fingerprint density at radius 1 is 0.952 bits per heavy atom. The SMILES string of the molecule is N[C@@H](CC(F)(F)F)c1ccccc1OCc1ccccc1. The summed E-state index contributed by atoms with van der Waals surface area (Å²) >= 11 is 0. The molecule has 0 unspecified atom stereocenters. The first-order chi connectivity index (χ1) is 9.96. The first kappa shape index (κ1) is 15.4. The van der Waals surface area contributed by atoms with E-state index in [4.69, 9.17) is 10.5 Å². The predicted molar refractivity (Wildman–Crippen MR) is 74.8 cm³/mol. The molecule has 0 spiro atoms. The van der Waals surface area contributed by atoms with Gasteiger partial charge in [0.1, 0.15) is 12.4 Å². The van der Waals surface area contributed by atoms with Crippen molar-refractivity contribution in [2.24, 2.45) is 5.73 Å².